The molecule has 4 nitrogen and oxygen atoms in total. The summed E-state index contributed by atoms with van der Waals surface area (Å²) in [6, 6.07) is 0.855. The number of aromatic nitrogens is 3. The highest BCUT2D eigenvalue weighted by atomic mass is 15.3. The van der Waals surface area contributed by atoms with Crippen molar-refractivity contribution in [3.05, 3.63) is 11.6 Å². The zero-order valence-electron chi connectivity index (χ0n) is 13.6. The number of hydrogen-bond acceptors (Lipinski definition) is 3. The van der Waals surface area contributed by atoms with Gasteiger partial charge in [-0.25, -0.2) is 4.98 Å². The highest BCUT2D eigenvalue weighted by Crippen LogP contribution is 2.54. The Hall–Kier alpha value is -0.900. The van der Waals surface area contributed by atoms with E-state index in [-0.39, 0.29) is 0 Å². The maximum atomic E-state index is 4.94. The summed E-state index contributed by atoms with van der Waals surface area (Å²) < 4.78 is 0. The first-order valence-electron chi connectivity index (χ1n) is 9.50. The van der Waals surface area contributed by atoms with Crippen LogP contribution in [0.1, 0.15) is 87.7 Å². The fourth-order valence-corrected chi connectivity index (χ4v) is 5.49. The minimum atomic E-state index is 0.503. The van der Waals surface area contributed by atoms with Crippen LogP contribution in [-0.4, -0.2) is 39.2 Å². The lowest BCUT2D eigenvalue weighted by atomic mass is 9.76. The molecule has 0 bridgehead atoms. The molecule has 1 unspecified atom stereocenters. The summed E-state index contributed by atoms with van der Waals surface area (Å²) >= 11 is 0. The maximum absolute atomic E-state index is 4.94. The van der Waals surface area contributed by atoms with E-state index < -0.39 is 0 Å². The van der Waals surface area contributed by atoms with Gasteiger partial charge < -0.3 is 0 Å². The molecule has 3 aliphatic carbocycles. The quantitative estimate of drug-likeness (QED) is 0.928. The van der Waals surface area contributed by atoms with Crippen LogP contribution in [0.3, 0.4) is 0 Å². The summed E-state index contributed by atoms with van der Waals surface area (Å²) in [5, 5.41) is 7.89. The van der Waals surface area contributed by atoms with Crippen molar-refractivity contribution in [3.63, 3.8) is 0 Å². The first-order chi connectivity index (χ1) is 10.8. The van der Waals surface area contributed by atoms with E-state index >= 15 is 0 Å². The lowest BCUT2D eigenvalue weighted by Crippen LogP contribution is -2.33. The Balaban J connectivity index is 1.42. The molecule has 2 heterocycles. The molecule has 1 aliphatic heterocycles. The predicted molar refractivity (Wildman–Crippen MR) is 85.8 cm³/mol. The van der Waals surface area contributed by atoms with Gasteiger partial charge >= 0.3 is 0 Å². The molecular weight excluding hydrogens is 272 g/mol. The Labute approximate surface area is 133 Å². The highest BCUT2D eigenvalue weighted by molar-refractivity contribution is 5.16. The van der Waals surface area contributed by atoms with E-state index in [0.717, 1.165) is 11.9 Å². The number of likely N-dealkylation sites (tertiary alicyclic amines) is 1. The minimum absolute atomic E-state index is 0.503. The molecule has 1 spiro atoms. The van der Waals surface area contributed by atoms with Crippen LogP contribution in [0.4, 0.5) is 0 Å². The molecule has 4 heteroatoms. The monoisotopic (exact) mass is 300 g/mol. The van der Waals surface area contributed by atoms with Crippen LogP contribution in [0, 0.1) is 5.41 Å². The van der Waals surface area contributed by atoms with Gasteiger partial charge in [-0.1, -0.05) is 25.7 Å². The molecule has 4 aliphatic rings. The van der Waals surface area contributed by atoms with E-state index in [1.165, 1.54) is 83.1 Å². The summed E-state index contributed by atoms with van der Waals surface area (Å²) in [5.74, 6) is 3.58. The molecule has 1 atom stereocenters. The van der Waals surface area contributed by atoms with Crippen molar-refractivity contribution < 1.29 is 0 Å². The minimum Gasteiger partial charge on any atom is -0.299 e. The molecule has 1 N–H and O–H groups in total. The van der Waals surface area contributed by atoms with Crippen LogP contribution >= 0.6 is 0 Å². The smallest absolute Gasteiger partial charge is 0.153 e. The lowest BCUT2D eigenvalue weighted by molar-refractivity contribution is 0.203. The standard InChI is InChI=1S/C18H28N4/c1-2-6-14(5-1)22-11-15(18(12-22)9-3-4-10-18)17-19-16(20-21-17)13-7-8-13/h13-15H,1-12H2,(H,19,20,21). The zero-order valence-corrected chi connectivity index (χ0v) is 13.6. The van der Waals surface area contributed by atoms with E-state index in [1.807, 2.05) is 0 Å². The zero-order chi connectivity index (χ0) is 14.6. The van der Waals surface area contributed by atoms with Crippen LogP contribution in [0.15, 0.2) is 0 Å². The largest absolute Gasteiger partial charge is 0.299 e. The van der Waals surface area contributed by atoms with Gasteiger partial charge in [0.25, 0.3) is 0 Å². The average Bonchev–Trinajstić information content (AvgIpc) is 3.05. The molecule has 4 fully saturated rings. The van der Waals surface area contributed by atoms with Gasteiger partial charge in [0.05, 0.1) is 0 Å². The van der Waals surface area contributed by atoms with Gasteiger partial charge in [0.15, 0.2) is 5.82 Å². The van der Waals surface area contributed by atoms with Gasteiger partial charge in [0.1, 0.15) is 5.82 Å². The van der Waals surface area contributed by atoms with E-state index in [4.69, 9.17) is 4.98 Å². The molecule has 1 aromatic rings. The van der Waals surface area contributed by atoms with E-state index in [2.05, 4.69) is 15.1 Å². The van der Waals surface area contributed by atoms with E-state index in [0.29, 0.717) is 17.3 Å². The fourth-order valence-electron chi connectivity index (χ4n) is 5.49. The second-order valence-electron chi connectivity index (χ2n) is 8.34. The van der Waals surface area contributed by atoms with E-state index in [9.17, 15) is 0 Å². The average molecular weight is 300 g/mol. The molecule has 0 aromatic carbocycles. The topological polar surface area (TPSA) is 44.8 Å². The second-order valence-corrected chi connectivity index (χ2v) is 8.34. The Morgan fingerprint density at radius 1 is 1.00 bits per heavy atom. The molecule has 22 heavy (non-hydrogen) atoms. The summed E-state index contributed by atoms with van der Waals surface area (Å²) in [6.45, 7) is 2.55. The number of aromatic amines is 1. The lowest BCUT2D eigenvalue weighted by Gasteiger charge is -2.29. The van der Waals surface area contributed by atoms with Crippen molar-refractivity contribution in [3.8, 4) is 0 Å². The number of rotatable bonds is 3. The summed E-state index contributed by atoms with van der Waals surface area (Å²) in [4.78, 5) is 7.76. The third-order valence-electron chi connectivity index (χ3n) is 6.91. The Kier molecular flexibility index (Phi) is 3.11. The molecular formula is C18H28N4. The third kappa shape index (κ3) is 2.14. The van der Waals surface area contributed by atoms with Crippen LogP contribution in [0.5, 0.6) is 0 Å². The Bertz CT molecular complexity index is 535. The van der Waals surface area contributed by atoms with Crippen LogP contribution < -0.4 is 0 Å². The predicted octanol–water partition coefficient (Wildman–Crippen LogP) is 3.58. The first-order valence-corrected chi connectivity index (χ1v) is 9.50. The van der Waals surface area contributed by atoms with Crippen molar-refractivity contribution in [2.75, 3.05) is 13.1 Å². The Morgan fingerprint density at radius 3 is 2.50 bits per heavy atom. The second kappa shape index (κ2) is 5.05. The van der Waals surface area contributed by atoms with Crippen molar-refractivity contribution in [1.82, 2.24) is 20.1 Å². The first kappa shape index (κ1) is 13.5. The van der Waals surface area contributed by atoms with Crippen LogP contribution in [0.2, 0.25) is 0 Å². The molecule has 3 saturated carbocycles. The summed E-state index contributed by atoms with van der Waals surface area (Å²) in [6.07, 6.45) is 13.9. The number of H-pyrrole nitrogens is 1. The van der Waals surface area contributed by atoms with Crippen molar-refractivity contribution >= 4 is 0 Å². The number of hydrogen-bond donors (Lipinski definition) is 1. The molecule has 5 rings (SSSR count). The highest BCUT2D eigenvalue weighted by Gasteiger charge is 2.51. The van der Waals surface area contributed by atoms with Crippen molar-refractivity contribution in [2.24, 2.45) is 5.41 Å². The Morgan fingerprint density at radius 2 is 1.77 bits per heavy atom. The molecule has 1 saturated heterocycles. The molecule has 0 amide bonds. The van der Waals surface area contributed by atoms with Gasteiger partial charge in [-0.05, 0) is 43.9 Å². The fraction of sp³-hybridized carbons (Fsp3) is 0.889. The van der Waals surface area contributed by atoms with Gasteiger partial charge in [-0.3, -0.25) is 10.00 Å². The van der Waals surface area contributed by atoms with Gasteiger partial charge in [-0.15, -0.1) is 0 Å². The third-order valence-corrected chi connectivity index (χ3v) is 6.91. The van der Waals surface area contributed by atoms with Gasteiger partial charge in [0, 0.05) is 31.0 Å². The van der Waals surface area contributed by atoms with Crippen molar-refractivity contribution in [2.45, 2.75) is 82.1 Å². The van der Waals surface area contributed by atoms with Gasteiger partial charge in [0.2, 0.25) is 0 Å². The van der Waals surface area contributed by atoms with Gasteiger partial charge in [-0.2, -0.15) is 5.10 Å². The normalized spacial score (nSPS) is 32.5. The molecule has 0 radical (unpaired) electrons. The van der Waals surface area contributed by atoms with Crippen molar-refractivity contribution in [1.29, 1.82) is 0 Å². The SMILES string of the molecule is C1CCC(N2CC(c3nc(C4CC4)n[nH]3)C3(CCCC3)C2)C1. The number of nitrogens with one attached hydrogen (secondary N) is 1. The summed E-state index contributed by atoms with van der Waals surface area (Å²) in [5.41, 5.74) is 0.503. The van der Waals surface area contributed by atoms with Crippen LogP contribution in [-0.2, 0) is 0 Å². The molecule has 1 aromatic heterocycles. The maximum Gasteiger partial charge on any atom is 0.153 e. The number of nitrogens with zero attached hydrogens (tertiary/aromatic N) is 3. The summed E-state index contributed by atoms with van der Waals surface area (Å²) in [7, 11) is 0. The van der Waals surface area contributed by atoms with E-state index in [1.54, 1.807) is 0 Å². The molecule has 120 valence electrons. The van der Waals surface area contributed by atoms with Crippen LogP contribution in [0.25, 0.3) is 0 Å².